The van der Waals surface area contributed by atoms with Gasteiger partial charge in [0.25, 0.3) is 0 Å². The largest absolute Gasteiger partial charge is 0.232 e. The van der Waals surface area contributed by atoms with E-state index >= 15 is 0 Å². The molecule has 0 atom stereocenters. The number of hydrogen-bond donors (Lipinski definition) is 1. The Hall–Kier alpha value is -1.71. The van der Waals surface area contributed by atoms with Crippen molar-refractivity contribution in [3.63, 3.8) is 0 Å². The molecule has 4 heteroatoms. The molecule has 3 rings (SSSR count). The molecule has 19 heavy (non-hydrogen) atoms. The Morgan fingerprint density at radius 3 is 2.32 bits per heavy atom. The summed E-state index contributed by atoms with van der Waals surface area (Å²) in [5, 5.41) is 4.99. The van der Waals surface area contributed by atoms with Gasteiger partial charge in [0.15, 0.2) is 0 Å². The molecule has 0 aliphatic heterocycles. The third kappa shape index (κ3) is 2.39. The van der Waals surface area contributed by atoms with Crippen LogP contribution in [0.3, 0.4) is 0 Å². The van der Waals surface area contributed by atoms with E-state index in [1.807, 2.05) is 59.3 Å². The van der Waals surface area contributed by atoms with Crippen LogP contribution in [0.1, 0.15) is 0 Å². The lowest BCUT2D eigenvalue weighted by atomic mass is 10.1. The molecule has 0 bridgehead atoms. The molecule has 0 spiro atoms. The molecule has 0 N–H and O–H groups in total. The second kappa shape index (κ2) is 5.11. The van der Waals surface area contributed by atoms with E-state index in [1.165, 1.54) is 0 Å². The maximum absolute atomic E-state index is 6.26. The van der Waals surface area contributed by atoms with Crippen molar-refractivity contribution in [3.05, 3.63) is 65.8 Å². The van der Waals surface area contributed by atoms with Crippen LogP contribution >= 0.6 is 24.2 Å². The van der Waals surface area contributed by atoms with Gasteiger partial charge in [-0.15, -0.1) is 12.6 Å². The standard InChI is InChI=1S/C15H11ClN2S/c16-14-10-17-18(12-6-8-13(19)9-7-12)15(14)11-4-2-1-3-5-11/h1-10,19H. The fraction of sp³-hybridized carbons (Fsp3) is 0. The Bertz CT molecular complexity index is 690. The van der Waals surface area contributed by atoms with Crippen LogP contribution in [0.15, 0.2) is 65.7 Å². The summed E-state index contributed by atoms with van der Waals surface area (Å²) in [4.78, 5) is 0.920. The molecule has 0 saturated heterocycles. The van der Waals surface area contributed by atoms with Crippen molar-refractivity contribution >= 4 is 24.2 Å². The molecular formula is C15H11ClN2S. The van der Waals surface area contributed by atoms with E-state index in [4.69, 9.17) is 11.6 Å². The number of thiol groups is 1. The first-order chi connectivity index (χ1) is 9.25. The summed E-state index contributed by atoms with van der Waals surface area (Å²) in [6, 6.07) is 17.8. The molecule has 0 fully saturated rings. The Morgan fingerprint density at radius 1 is 0.947 bits per heavy atom. The predicted molar refractivity (Wildman–Crippen MR) is 81.3 cm³/mol. The zero-order valence-corrected chi connectivity index (χ0v) is 11.6. The van der Waals surface area contributed by atoms with E-state index in [0.717, 1.165) is 21.8 Å². The number of aromatic nitrogens is 2. The van der Waals surface area contributed by atoms with Gasteiger partial charge in [-0.25, -0.2) is 4.68 Å². The molecule has 2 nitrogen and oxygen atoms in total. The predicted octanol–water partition coefficient (Wildman–Crippen LogP) is 4.48. The molecule has 2 aromatic carbocycles. The summed E-state index contributed by atoms with van der Waals surface area (Å²) in [5.41, 5.74) is 2.90. The third-order valence-corrected chi connectivity index (χ3v) is 3.44. The average Bonchev–Trinajstić information content (AvgIpc) is 2.82. The van der Waals surface area contributed by atoms with Crippen LogP contribution < -0.4 is 0 Å². The molecule has 0 saturated carbocycles. The zero-order valence-electron chi connectivity index (χ0n) is 9.99. The lowest BCUT2D eigenvalue weighted by Crippen LogP contribution is -1.98. The van der Waals surface area contributed by atoms with Crippen LogP contribution in [0.25, 0.3) is 16.9 Å². The Kier molecular flexibility index (Phi) is 3.32. The van der Waals surface area contributed by atoms with Gasteiger partial charge in [-0.05, 0) is 24.3 Å². The minimum Gasteiger partial charge on any atom is -0.232 e. The van der Waals surface area contributed by atoms with Crippen LogP contribution in [0.4, 0.5) is 0 Å². The average molecular weight is 287 g/mol. The minimum atomic E-state index is 0.640. The van der Waals surface area contributed by atoms with Crippen LogP contribution in [0.2, 0.25) is 5.02 Å². The topological polar surface area (TPSA) is 17.8 Å². The van der Waals surface area contributed by atoms with Crippen molar-refractivity contribution in [2.24, 2.45) is 0 Å². The van der Waals surface area contributed by atoms with Gasteiger partial charge >= 0.3 is 0 Å². The van der Waals surface area contributed by atoms with Gasteiger partial charge in [0.05, 0.1) is 22.6 Å². The van der Waals surface area contributed by atoms with Crippen molar-refractivity contribution in [1.82, 2.24) is 9.78 Å². The lowest BCUT2D eigenvalue weighted by molar-refractivity contribution is 0.886. The summed E-state index contributed by atoms with van der Waals surface area (Å²) < 4.78 is 1.84. The van der Waals surface area contributed by atoms with Crippen molar-refractivity contribution in [1.29, 1.82) is 0 Å². The van der Waals surface area contributed by atoms with Crippen LogP contribution in [0.5, 0.6) is 0 Å². The summed E-state index contributed by atoms with van der Waals surface area (Å²) in [6.07, 6.45) is 1.67. The van der Waals surface area contributed by atoms with Gasteiger partial charge in [0, 0.05) is 10.5 Å². The zero-order chi connectivity index (χ0) is 13.2. The molecule has 1 heterocycles. The molecule has 0 radical (unpaired) electrons. The monoisotopic (exact) mass is 286 g/mol. The highest BCUT2D eigenvalue weighted by Crippen LogP contribution is 2.29. The molecule has 1 aromatic heterocycles. The molecule has 0 amide bonds. The number of hydrogen-bond acceptors (Lipinski definition) is 2. The Morgan fingerprint density at radius 2 is 1.63 bits per heavy atom. The van der Waals surface area contributed by atoms with Gasteiger partial charge in [-0.3, -0.25) is 0 Å². The maximum Gasteiger partial charge on any atom is 0.0927 e. The number of halogens is 1. The first-order valence-corrected chi connectivity index (χ1v) is 6.66. The van der Waals surface area contributed by atoms with Gasteiger partial charge in [-0.2, -0.15) is 5.10 Å². The smallest absolute Gasteiger partial charge is 0.0927 e. The van der Waals surface area contributed by atoms with Crippen molar-refractivity contribution in [2.45, 2.75) is 4.90 Å². The van der Waals surface area contributed by atoms with Gasteiger partial charge in [0.2, 0.25) is 0 Å². The number of nitrogens with zero attached hydrogens (tertiary/aromatic N) is 2. The van der Waals surface area contributed by atoms with Crippen LogP contribution in [-0.2, 0) is 0 Å². The summed E-state index contributed by atoms with van der Waals surface area (Å²) in [5.74, 6) is 0. The second-order valence-corrected chi connectivity index (χ2v) is 5.06. The SMILES string of the molecule is Sc1ccc(-n2ncc(Cl)c2-c2ccccc2)cc1. The van der Waals surface area contributed by atoms with Gasteiger partial charge in [-0.1, -0.05) is 41.9 Å². The highest BCUT2D eigenvalue weighted by molar-refractivity contribution is 7.80. The second-order valence-electron chi connectivity index (χ2n) is 4.14. The number of rotatable bonds is 2. The van der Waals surface area contributed by atoms with E-state index in [9.17, 15) is 0 Å². The fourth-order valence-corrected chi connectivity index (χ4v) is 2.36. The fourth-order valence-electron chi connectivity index (χ4n) is 1.97. The first-order valence-electron chi connectivity index (χ1n) is 5.84. The Balaban J connectivity index is 2.16. The van der Waals surface area contributed by atoms with E-state index in [0.29, 0.717) is 5.02 Å². The molecule has 0 unspecified atom stereocenters. The van der Waals surface area contributed by atoms with Gasteiger partial charge < -0.3 is 0 Å². The van der Waals surface area contributed by atoms with Crippen molar-refractivity contribution in [2.75, 3.05) is 0 Å². The van der Waals surface area contributed by atoms with Crippen LogP contribution in [-0.4, -0.2) is 9.78 Å². The van der Waals surface area contributed by atoms with E-state index in [-0.39, 0.29) is 0 Å². The summed E-state index contributed by atoms with van der Waals surface area (Å²) >= 11 is 10.6. The van der Waals surface area contributed by atoms with E-state index in [2.05, 4.69) is 17.7 Å². The number of benzene rings is 2. The third-order valence-electron chi connectivity index (χ3n) is 2.87. The molecular weight excluding hydrogens is 276 g/mol. The van der Waals surface area contributed by atoms with Crippen molar-refractivity contribution < 1.29 is 0 Å². The highest BCUT2D eigenvalue weighted by Gasteiger charge is 2.12. The molecule has 0 aliphatic carbocycles. The highest BCUT2D eigenvalue weighted by atomic mass is 35.5. The summed E-state index contributed by atoms with van der Waals surface area (Å²) in [7, 11) is 0. The quantitative estimate of drug-likeness (QED) is 0.688. The molecule has 94 valence electrons. The maximum atomic E-state index is 6.26. The normalized spacial score (nSPS) is 10.6. The Labute approximate surface area is 122 Å². The van der Waals surface area contributed by atoms with E-state index in [1.54, 1.807) is 6.20 Å². The summed E-state index contributed by atoms with van der Waals surface area (Å²) in [6.45, 7) is 0. The van der Waals surface area contributed by atoms with E-state index < -0.39 is 0 Å². The molecule has 3 aromatic rings. The van der Waals surface area contributed by atoms with Gasteiger partial charge in [0.1, 0.15) is 0 Å². The first kappa shape index (κ1) is 12.3. The minimum absolute atomic E-state index is 0.640. The lowest BCUT2D eigenvalue weighted by Gasteiger charge is -2.08. The van der Waals surface area contributed by atoms with Crippen LogP contribution in [0, 0.1) is 0 Å². The van der Waals surface area contributed by atoms with Crippen molar-refractivity contribution in [3.8, 4) is 16.9 Å². The molecule has 0 aliphatic rings.